The minimum absolute atomic E-state index is 0.103. The van der Waals surface area contributed by atoms with Crippen molar-refractivity contribution < 1.29 is 19.2 Å². The second kappa shape index (κ2) is 7.40. The first kappa shape index (κ1) is 16.5. The SMILES string of the molecule is CCC(C(=O)C(=O)C(=O)C(=O)c1ccccc1)c1ccccc1. The fourth-order valence-corrected chi connectivity index (χ4v) is 2.35. The average molecular weight is 308 g/mol. The van der Waals surface area contributed by atoms with Crippen molar-refractivity contribution in [3.05, 3.63) is 71.8 Å². The molecule has 0 aromatic heterocycles. The fourth-order valence-electron chi connectivity index (χ4n) is 2.35. The van der Waals surface area contributed by atoms with E-state index < -0.39 is 29.1 Å². The van der Waals surface area contributed by atoms with Crippen LogP contribution in [0, 0.1) is 0 Å². The Balaban J connectivity index is 2.20. The van der Waals surface area contributed by atoms with Crippen LogP contribution < -0.4 is 0 Å². The molecule has 4 nitrogen and oxygen atoms in total. The lowest BCUT2D eigenvalue weighted by Crippen LogP contribution is -2.33. The highest BCUT2D eigenvalue weighted by atomic mass is 16.2. The topological polar surface area (TPSA) is 68.3 Å². The van der Waals surface area contributed by atoms with Crippen LogP contribution in [0.3, 0.4) is 0 Å². The van der Waals surface area contributed by atoms with Crippen LogP contribution in [0.5, 0.6) is 0 Å². The lowest BCUT2D eigenvalue weighted by molar-refractivity contribution is -0.143. The van der Waals surface area contributed by atoms with Gasteiger partial charge in [-0.2, -0.15) is 0 Å². The summed E-state index contributed by atoms with van der Waals surface area (Å²) in [5.74, 6) is -5.04. The highest BCUT2D eigenvalue weighted by Crippen LogP contribution is 2.21. The van der Waals surface area contributed by atoms with Gasteiger partial charge in [0.05, 0.1) is 5.92 Å². The average Bonchev–Trinajstić information content (AvgIpc) is 2.62. The van der Waals surface area contributed by atoms with Crippen LogP contribution in [0.25, 0.3) is 0 Å². The maximum Gasteiger partial charge on any atom is 0.277 e. The van der Waals surface area contributed by atoms with Crippen LogP contribution in [-0.2, 0) is 14.4 Å². The molecule has 116 valence electrons. The Bertz CT molecular complexity index is 732. The first-order chi connectivity index (χ1) is 11.1. The van der Waals surface area contributed by atoms with Gasteiger partial charge in [-0.05, 0) is 12.0 Å². The number of hydrogen-bond donors (Lipinski definition) is 0. The minimum Gasteiger partial charge on any atom is -0.290 e. The molecule has 0 amide bonds. The van der Waals surface area contributed by atoms with Crippen molar-refractivity contribution in [1.29, 1.82) is 0 Å². The lowest BCUT2D eigenvalue weighted by Gasteiger charge is -2.12. The second-order valence-electron chi connectivity index (χ2n) is 5.09. The van der Waals surface area contributed by atoms with Crippen LogP contribution in [0.15, 0.2) is 60.7 Å². The molecule has 0 saturated carbocycles. The zero-order valence-electron chi connectivity index (χ0n) is 12.7. The third kappa shape index (κ3) is 3.66. The van der Waals surface area contributed by atoms with Gasteiger partial charge in [0.1, 0.15) is 0 Å². The second-order valence-corrected chi connectivity index (χ2v) is 5.09. The summed E-state index contributed by atoms with van der Waals surface area (Å²) < 4.78 is 0. The Morgan fingerprint density at radius 2 is 1.30 bits per heavy atom. The molecule has 0 heterocycles. The molecule has 0 aliphatic rings. The maximum absolute atomic E-state index is 12.3. The third-order valence-electron chi connectivity index (χ3n) is 3.60. The quantitative estimate of drug-likeness (QED) is 0.448. The minimum atomic E-state index is -1.28. The molecular weight excluding hydrogens is 292 g/mol. The van der Waals surface area contributed by atoms with Crippen molar-refractivity contribution >= 4 is 23.1 Å². The van der Waals surface area contributed by atoms with Crippen LogP contribution >= 0.6 is 0 Å². The van der Waals surface area contributed by atoms with Crippen molar-refractivity contribution in [2.75, 3.05) is 0 Å². The van der Waals surface area contributed by atoms with Gasteiger partial charge >= 0.3 is 0 Å². The molecule has 0 fully saturated rings. The summed E-state index contributed by atoms with van der Waals surface area (Å²) in [6, 6.07) is 16.5. The van der Waals surface area contributed by atoms with Crippen LogP contribution in [0.1, 0.15) is 35.2 Å². The van der Waals surface area contributed by atoms with Gasteiger partial charge in [-0.15, -0.1) is 0 Å². The molecular formula is C19H16O4. The van der Waals surface area contributed by atoms with Crippen LogP contribution in [0.4, 0.5) is 0 Å². The summed E-state index contributed by atoms with van der Waals surface area (Å²) in [5, 5.41) is 0. The maximum atomic E-state index is 12.3. The predicted octanol–water partition coefficient (Wildman–Crippen LogP) is 2.77. The Morgan fingerprint density at radius 3 is 1.83 bits per heavy atom. The standard InChI is InChI=1S/C19H16O4/c1-2-15(13-9-5-3-6-10-13)17(21)19(23)18(22)16(20)14-11-7-4-8-12-14/h3-12,15H,2H2,1H3. The summed E-state index contributed by atoms with van der Waals surface area (Å²) in [5.41, 5.74) is 0.764. The molecule has 0 aliphatic heterocycles. The monoisotopic (exact) mass is 308 g/mol. The number of carbonyl (C=O) groups excluding carboxylic acids is 4. The van der Waals surface area contributed by atoms with E-state index in [2.05, 4.69) is 0 Å². The Morgan fingerprint density at radius 1 is 0.783 bits per heavy atom. The van der Waals surface area contributed by atoms with E-state index in [0.29, 0.717) is 12.0 Å². The van der Waals surface area contributed by atoms with E-state index in [0.717, 1.165) is 0 Å². The summed E-state index contributed by atoms with van der Waals surface area (Å²) >= 11 is 0. The molecule has 2 aromatic rings. The molecule has 4 heteroatoms. The first-order valence-electron chi connectivity index (χ1n) is 7.33. The predicted molar refractivity (Wildman–Crippen MR) is 85.3 cm³/mol. The van der Waals surface area contributed by atoms with E-state index in [1.54, 1.807) is 55.5 Å². The molecule has 2 aromatic carbocycles. The van der Waals surface area contributed by atoms with E-state index in [-0.39, 0.29) is 5.56 Å². The Labute approximate surface area is 134 Å². The van der Waals surface area contributed by atoms with Crippen LogP contribution in [-0.4, -0.2) is 23.1 Å². The normalized spacial score (nSPS) is 11.5. The molecule has 0 bridgehead atoms. The van der Waals surface area contributed by atoms with Crippen molar-refractivity contribution in [2.45, 2.75) is 19.3 Å². The highest BCUT2D eigenvalue weighted by molar-refractivity contribution is 6.80. The summed E-state index contributed by atoms with van der Waals surface area (Å²) in [6.07, 6.45) is 0.376. The number of Topliss-reactive ketones (excluding diaryl/α,β-unsaturated/α-hetero) is 4. The smallest absolute Gasteiger partial charge is 0.277 e. The van der Waals surface area contributed by atoms with E-state index >= 15 is 0 Å². The van der Waals surface area contributed by atoms with Crippen molar-refractivity contribution in [3.63, 3.8) is 0 Å². The van der Waals surface area contributed by atoms with E-state index in [4.69, 9.17) is 0 Å². The van der Waals surface area contributed by atoms with Gasteiger partial charge in [-0.1, -0.05) is 67.6 Å². The Hall–Kier alpha value is -2.88. The summed E-state index contributed by atoms with van der Waals surface area (Å²) in [7, 11) is 0. The number of rotatable bonds is 7. The van der Waals surface area contributed by atoms with Gasteiger partial charge in [0.2, 0.25) is 11.6 Å². The lowest BCUT2D eigenvalue weighted by atomic mass is 9.88. The molecule has 1 unspecified atom stereocenters. The summed E-state index contributed by atoms with van der Waals surface area (Å²) in [6.45, 7) is 1.76. The van der Waals surface area contributed by atoms with Crippen LogP contribution in [0.2, 0.25) is 0 Å². The van der Waals surface area contributed by atoms with E-state index in [9.17, 15) is 19.2 Å². The van der Waals surface area contributed by atoms with Crippen molar-refractivity contribution in [3.8, 4) is 0 Å². The first-order valence-corrected chi connectivity index (χ1v) is 7.33. The highest BCUT2D eigenvalue weighted by Gasteiger charge is 2.34. The van der Waals surface area contributed by atoms with Gasteiger partial charge in [0, 0.05) is 5.56 Å². The van der Waals surface area contributed by atoms with Crippen molar-refractivity contribution in [2.24, 2.45) is 0 Å². The molecule has 0 radical (unpaired) electrons. The molecule has 2 rings (SSSR count). The zero-order chi connectivity index (χ0) is 16.8. The van der Waals surface area contributed by atoms with E-state index in [1.807, 2.05) is 0 Å². The van der Waals surface area contributed by atoms with E-state index in [1.165, 1.54) is 12.1 Å². The summed E-state index contributed by atoms with van der Waals surface area (Å²) in [4.78, 5) is 48.5. The zero-order valence-corrected chi connectivity index (χ0v) is 12.7. The molecule has 1 atom stereocenters. The Kier molecular flexibility index (Phi) is 5.31. The third-order valence-corrected chi connectivity index (χ3v) is 3.60. The molecule has 0 N–H and O–H groups in total. The van der Waals surface area contributed by atoms with Gasteiger partial charge in [0.25, 0.3) is 11.6 Å². The number of hydrogen-bond acceptors (Lipinski definition) is 4. The molecule has 0 aliphatic carbocycles. The fraction of sp³-hybridized carbons (Fsp3) is 0.158. The van der Waals surface area contributed by atoms with Gasteiger partial charge in [-0.3, -0.25) is 19.2 Å². The largest absolute Gasteiger partial charge is 0.290 e. The number of benzene rings is 2. The number of ketones is 4. The van der Waals surface area contributed by atoms with Gasteiger partial charge in [0.15, 0.2) is 0 Å². The number of carbonyl (C=O) groups is 4. The molecule has 0 saturated heterocycles. The van der Waals surface area contributed by atoms with Gasteiger partial charge in [-0.25, -0.2) is 0 Å². The molecule has 0 spiro atoms. The van der Waals surface area contributed by atoms with Crippen molar-refractivity contribution in [1.82, 2.24) is 0 Å². The van der Waals surface area contributed by atoms with Gasteiger partial charge < -0.3 is 0 Å². The molecule has 23 heavy (non-hydrogen) atoms.